The van der Waals surface area contributed by atoms with Gasteiger partial charge in [-0.3, -0.25) is 4.79 Å². The molecule has 2 rings (SSSR count). The molecule has 4 heteroatoms. The Kier molecular flexibility index (Phi) is 2.86. The number of fused-ring (bicyclic) bond motifs is 1. The van der Waals surface area contributed by atoms with Crippen molar-refractivity contribution in [2.45, 2.75) is 19.3 Å². The number of aryl methyl sites for hydroxylation is 1. The normalized spacial score (nSPS) is 18.7. The molecule has 1 aromatic carbocycles. The molecule has 1 aliphatic rings. The second-order valence-corrected chi connectivity index (χ2v) is 4.45. The second-order valence-electron chi connectivity index (χ2n) is 3.53. The summed E-state index contributed by atoms with van der Waals surface area (Å²) >= 11 is 3.38. The Morgan fingerprint density at radius 2 is 2.13 bits per heavy atom. The van der Waals surface area contributed by atoms with E-state index in [-0.39, 0.29) is 11.5 Å². The number of carbonyl (C=O) groups is 1. The van der Waals surface area contributed by atoms with Gasteiger partial charge in [0, 0.05) is 10.0 Å². The van der Waals surface area contributed by atoms with Crippen molar-refractivity contribution in [3.8, 4) is 0 Å². The summed E-state index contributed by atoms with van der Waals surface area (Å²) in [5, 5.41) is 11.8. The van der Waals surface area contributed by atoms with Gasteiger partial charge in [0.1, 0.15) is 5.71 Å². The molecular weight excluding hydrogens is 258 g/mol. The van der Waals surface area contributed by atoms with Crippen LogP contribution in [-0.4, -0.2) is 16.7 Å². The summed E-state index contributed by atoms with van der Waals surface area (Å²) in [6, 6.07) is 5.56. The van der Waals surface area contributed by atoms with Gasteiger partial charge in [0.2, 0.25) is 5.78 Å². The Hall–Kier alpha value is -1.16. The predicted octanol–water partition coefficient (Wildman–Crippen LogP) is 2.80. The first-order valence-corrected chi connectivity index (χ1v) is 5.55. The van der Waals surface area contributed by atoms with Crippen molar-refractivity contribution in [3.63, 3.8) is 0 Å². The standard InChI is InChI=1S/C11H10BrNO2/c12-8-4-5-9-7(6-8)2-1-3-10(13-15)11(9)14/h4-6,15H,1-3H2/b13-10-. The van der Waals surface area contributed by atoms with Crippen molar-refractivity contribution < 1.29 is 10.0 Å². The van der Waals surface area contributed by atoms with Crippen LogP contribution in [0.4, 0.5) is 0 Å². The fourth-order valence-electron chi connectivity index (χ4n) is 1.80. The number of nitrogens with zero attached hydrogens (tertiary/aromatic N) is 1. The molecule has 0 unspecified atom stereocenters. The van der Waals surface area contributed by atoms with E-state index in [0.717, 1.165) is 22.9 Å². The van der Waals surface area contributed by atoms with Crippen molar-refractivity contribution in [2.24, 2.45) is 5.16 Å². The topological polar surface area (TPSA) is 49.7 Å². The average molecular weight is 268 g/mol. The molecule has 0 amide bonds. The molecule has 1 aliphatic carbocycles. The number of oxime groups is 1. The highest BCUT2D eigenvalue weighted by atomic mass is 79.9. The molecule has 0 radical (unpaired) electrons. The molecule has 3 nitrogen and oxygen atoms in total. The molecule has 0 fully saturated rings. The third kappa shape index (κ3) is 1.95. The number of Topliss-reactive ketones (excluding diaryl/α,β-unsaturated/α-hetero) is 1. The quantitative estimate of drug-likeness (QED) is 0.447. The fraction of sp³-hybridized carbons (Fsp3) is 0.273. The van der Waals surface area contributed by atoms with Gasteiger partial charge in [-0.2, -0.15) is 0 Å². The summed E-state index contributed by atoms with van der Waals surface area (Å²) in [4.78, 5) is 11.9. The molecule has 0 aliphatic heterocycles. The number of hydrogen-bond acceptors (Lipinski definition) is 3. The van der Waals surface area contributed by atoms with Crippen LogP contribution in [0.15, 0.2) is 27.8 Å². The van der Waals surface area contributed by atoms with Crippen LogP contribution in [0.1, 0.15) is 28.8 Å². The molecule has 0 atom stereocenters. The summed E-state index contributed by atoms with van der Waals surface area (Å²) in [6.45, 7) is 0. The first-order chi connectivity index (χ1) is 7.22. The van der Waals surface area contributed by atoms with E-state index >= 15 is 0 Å². The van der Waals surface area contributed by atoms with Crippen LogP contribution >= 0.6 is 15.9 Å². The summed E-state index contributed by atoms with van der Waals surface area (Å²) in [5.74, 6) is -0.155. The fourth-order valence-corrected chi connectivity index (χ4v) is 2.21. The first kappa shape index (κ1) is 10.4. The highest BCUT2D eigenvalue weighted by molar-refractivity contribution is 9.10. The van der Waals surface area contributed by atoms with Crippen molar-refractivity contribution in [3.05, 3.63) is 33.8 Å². The van der Waals surface area contributed by atoms with Crippen LogP contribution in [-0.2, 0) is 6.42 Å². The van der Waals surface area contributed by atoms with Crippen LogP contribution in [0, 0.1) is 0 Å². The molecule has 0 bridgehead atoms. The molecule has 15 heavy (non-hydrogen) atoms. The first-order valence-electron chi connectivity index (χ1n) is 4.76. The Balaban J connectivity index is 2.52. The molecule has 1 aromatic rings. The number of ketones is 1. The van der Waals surface area contributed by atoms with Gasteiger partial charge >= 0.3 is 0 Å². The zero-order valence-electron chi connectivity index (χ0n) is 8.03. The van der Waals surface area contributed by atoms with Crippen molar-refractivity contribution in [1.82, 2.24) is 0 Å². The van der Waals surface area contributed by atoms with Crippen LogP contribution in [0.3, 0.4) is 0 Å². The highest BCUT2D eigenvalue weighted by Crippen LogP contribution is 2.23. The maximum Gasteiger partial charge on any atom is 0.210 e. The molecule has 0 heterocycles. The minimum Gasteiger partial charge on any atom is -0.411 e. The van der Waals surface area contributed by atoms with E-state index in [0.29, 0.717) is 12.0 Å². The van der Waals surface area contributed by atoms with E-state index < -0.39 is 0 Å². The smallest absolute Gasteiger partial charge is 0.210 e. The van der Waals surface area contributed by atoms with E-state index in [2.05, 4.69) is 21.1 Å². The summed E-state index contributed by atoms with van der Waals surface area (Å²) in [7, 11) is 0. The SMILES string of the molecule is O=C1/C(=N\O)CCCc2cc(Br)ccc21. The minimum atomic E-state index is -0.155. The van der Waals surface area contributed by atoms with E-state index in [4.69, 9.17) is 5.21 Å². The average Bonchev–Trinajstić information content (AvgIpc) is 2.37. The van der Waals surface area contributed by atoms with E-state index in [9.17, 15) is 4.79 Å². The Labute approximate surface area is 95.9 Å². The molecule has 0 saturated heterocycles. The van der Waals surface area contributed by atoms with Gasteiger partial charge in [-0.25, -0.2) is 0 Å². The van der Waals surface area contributed by atoms with Gasteiger partial charge in [-0.15, -0.1) is 0 Å². The van der Waals surface area contributed by atoms with Gasteiger partial charge in [0.15, 0.2) is 0 Å². The summed E-state index contributed by atoms with van der Waals surface area (Å²) in [5.41, 5.74) is 1.94. The Bertz CT molecular complexity index is 440. The van der Waals surface area contributed by atoms with Crippen molar-refractivity contribution >= 4 is 27.4 Å². The summed E-state index contributed by atoms with van der Waals surface area (Å²) in [6.07, 6.45) is 2.23. The molecule has 0 spiro atoms. The van der Waals surface area contributed by atoms with E-state index in [1.54, 1.807) is 6.07 Å². The lowest BCUT2D eigenvalue weighted by atomic mass is 10.0. The third-order valence-corrected chi connectivity index (χ3v) is 3.05. The number of carbonyl (C=O) groups excluding carboxylic acids is 1. The third-order valence-electron chi connectivity index (χ3n) is 2.55. The number of hydrogen-bond donors (Lipinski definition) is 1. The molecular formula is C11H10BrNO2. The minimum absolute atomic E-state index is 0.155. The molecule has 0 aromatic heterocycles. The molecule has 78 valence electrons. The zero-order chi connectivity index (χ0) is 10.8. The van der Waals surface area contributed by atoms with Crippen molar-refractivity contribution in [1.29, 1.82) is 0 Å². The van der Waals surface area contributed by atoms with Crippen LogP contribution in [0.5, 0.6) is 0 Å². The van der Waals surface area contributed by atoms with Gasteiger partial charge in [0.25, 0.3) is 0 Å². The maximum absolute atomic E-state index is 11.9. The highest BCUT2D eigenvalue weighted by Gasteiger charge is 2.21. The monoisotopic (exact) mass is 267 g/mol. The lowest BCUT2D eigenvalue weighted by Crippen LogP contribution is -2.13. The lowest BCUT2D eigenvalue weighted by Gasteiger charge is -2.03. The predicted molar refractivity (Wildman–Crippen MR) is 60.6 cm³/mol. The second kappa shape index (κ2) is 4.14. The van der Waals surface area contributed by atoms with E-state index in [1.165, 1.54) is 0 Å². The maximum atomic E-state index is 11.9. The van der Waals surface area contributed by atoms with Gasteiger partial charge in [-0.1, -0.05) is 21.1 Å². The van der Waals surface area contributed by atoms with Crippen molar-refractivity contribution in [2.75, 3.05) is 0 Å². The van der Waals surface area contributed by atoms with Gasteiger partial charge < -0.3 is 5.21 Å². The van der Waals surface area contributed by atoms with Crippen LogP contribution in [0.25, 0.3) is 0 Å². The Morgan fingerprint density at radius 3 is 2.87 bits per heavy atom. The lowest BCUT2D eigenvalue weighted by molar-refractivity contribution is 0.106. The van der Waals surface area contributed by atoms with E-state index in [1.807, 2.05) is 12.1 Å². The van der Waals surface area contributed by atoms with Gasteiger partial charge in [0.05, 0.1) is 0 Å². The summed E-state index contributed by atoms with van der Waals surface area (Å²) < 4.78 is 0.971. The van der Waals surface area contributed by atoms with Crippen LogP contribution in [0.2, 0.25) is 0 Å². The molecule has 1 N–H and O–H groups in total. The molecule has 0 saturated carbocycles. The Morgan fingerprint density at radius 1 is 1.33 bits per heavy atom. The number of benzene rings is 1. The van der Waals surface area contributed by atoms with Gasteiger partial charge in [-0.05, 0) is 43.0 Å². The number of halogens is 1. The van der Waals surface area contributed by atoms with Crippen LogP contribution < -0.4 is 0 Å². The number of rotatable bonds is 0. The largest absolute Gasteiger partial charge is 0.411 e. The zero-order valence-corrected chi connectivity index (χ0v) is 9.62.